The Bertz CT molecular complexity index is 619. The molecule has 20 heavy (non-hydrogen) atoms. The highest BCUT2D eigenvalue weighted by Gasteiger charge is 2.51. The van der Waals surface area contributed by atoms with E-state index in [2.05, 4.69) is 10.6 Å². The summed E-state index contributed by atoms with van der Waals surface area (Å²) in [6.07, 6.45) is 0.414. The van der Waals surface area contributed by atoms with Gasteiger partial charge in [0.05, 0.1) is 6.54 Å². The van der Waals surface area contributed by atoms with Crippen LogP contribution in [0, 0.1) is 0 Å². The average Bonchev–Trinajstić information content (AvgIpc) is 2.94. The number of urea groups is 1. The Hall–Kier alpha value is -2.08. The third kappa shape index (κ3) is 2.02. The third-order valence-corrected chi connectivity index (χ3v) is 3.88. The summed E-state index contributed by atoms with van der Waals surface area (Å²) >= 11 is 5.87. The van der Waals surface area contributed by atoms with E-state index in [1.165, 1.54) is 0 Å². The Morgan fingerprint density at radius 2 is 2.15 bits per heavy atom. The summed E-state index contributed by atoms with van der Waals surface area (Å²) in [4.78, 5) is 37.0. The van der Waals surface area contributed by atoms with Gasteiger partial charge in [0, 0.05) is 17.1 Å². The lowest BCUT2D eigenvalue weighted by atomic mass is 9.99. The number of likely N-dealkylation sites (tertiary alicyclic amines) is 1. The molecular formula is C13H12ClN3O3. The fourth-order valence-electron chi connectivity index (χ4n) is 2.60. The van der Waals surface area contributed by atoms with Crippen molar-refractivity contribution in [1.82, 2.24) is 15.5 Å². The van der Waals surface area contributed by atoms with Crippen molar-refractivity contribution < 1.29 is 14.4 Å². The van der Waals surface area contributed by atoms with Crippen molar-refractivity contribution in [3.63, 3.8) is 0 Å². The third-order valence-electron chi connectivity index (χ3n) is 3.64. The Morgan fingerprint density at radius 1 is 1.35 bits per heavy atom. The second-order valence-electron chi connectivity index (χ2n) is 4.98. The number of imide groups is 1. The quantitative estimate of drug-likeness (QED) is 0.751. The largest absolute Gasteiger partial charge is 0.336 e. The van der Waals surface area contributed by atoms with Crippen LogP contribution >= 0.6 is 11.6 Å². The number of amides is 4. The molecule has 7 heteroatoms. The first-order valence-corrected chi connectivity index (χ1v) is 6.56. The predicted octanol–water partition coefficient (Wildman–Crippen LogP) is 0.764. The number of benzene rings is 1. The summed E-state index contributed by atoms with van der Waals surface area (Å²) in [7, 11) is 0. The summed E-state index contributed by atoms with van der Waals surface area (Å²) < 4.78 is 0. The topological polar surface area (TPSA) is 78.5 Å². The number of hydrogen-bond acceptors (Lipinski definition) is 3. The zero-order chi connectivity index (χ0) is 14.3. The second kappa shape index (κ2) is 4.49. The molecule has 2 saturated heterocycles. The van der Waals surface area contributed by atoms with Crippen LogP contribution in [0.15, 0.2) is 24.3 Å². The molecule has 6 nitrogen and oxygen atoms in total. The monoisotopic (exact) mass is 293 g/mol. The van der Waals surface area contributed by atoms with E-state index in [1.54, 1.807) is 29.2 Å². The summed E-state index contributed by atoms with van der Waals surface area (Å²) in [6, 6.07) is 6.14. The zero-order valence-corrected chi connectivity index (χ0v) is 11.2. The van der Waals surface area contributed by atoms with Crippen molar-refractivity contribution in [2.24, 2.45) is 0 Å². The van der Waals surface area contributed by atoms with Crippen LogP contribution in [-0.4, -0.2) is 41.4 Å². The van der Waals surface area contributed by atoms with Crippen LogP contribution in [0.5, 0.6) is 0 Å². The lowest BCUT2D eigenvalue weighted by Gasteiger charge is -2.21. The first-order valence-electron chi connectivity index (χ1n) is 6.19. The molecule has 2 fully saturated rings. The molecule has 0 saturated carbocycles. The van der Waals surface area contributed by atoms with Gasteiger partial charge in [-0.3, -0.25) is 14.9 Å². The molecule has 3 rings (SSSR count). The van der Waals surface area contributed by atoms with Crippen molar-refractivity contribution in [2.75, 3.05) is 13.1 Å². The Morgan fingerprint density at radius 3 is 2.80 bits per heavy atom. The molecule has 1 spiro atoms. The highest BCUT2D eigenvalue weighted by atomic mass is 35.5. The fraction of sp³-hybridized carbons (Fsp3) is 0.308. The molecule has 1 aromatic rings. The molecule has 0 aromatic heterocycles. The van der Waals surface area contributed by atoms with E-state index >= 15 is 0 Å². The number of nitrogens with zero attached hydrogens (tertiary/aromatic N) is 1. The van der Waals surface area contributed by atoms with Gasteiger partial charge in [-0.2, -0.15) is 0 Å². The van der Waals surface area contributed by atoms with E-state index in [-0.39, 0.29) is 18.4 Å². The van der Waals surface area contributed by atoms with Gasteiger partial charge >= 0.3 is 6.03 Å². The van der Waals surface area contributed by atoms with Gasteiger partial charge in [-0.05, 0) is 24.6 Å². The van der Waals surface area contributed by atoms with Crippen LogP contribution in [-0.2, 0) is 4.79 Å². The molecule has 2 aliphatic rings. The zero-order valence-electron chi connectivity index (χ0n) is 10.5. The van der Waals surface area contributed by atoms with Gasteiger partial charge in [0.1, 0.15) is 5.54 Å². The van der Waals surface area contributed by atoms with E-state index in [1.807, 2.05) is 0 Å². The molecule has 1 aromatic carbocycles. The van der Waals surface area contributed by atoms with Crippen molar-refractivity contribution in [2.45, 2.75) is 12.0 Å². The van der Waals surface area contributed by atoms with Gasteiger partial charge in [-0.25, -0.2) is 4.79 Å². The number of rotatable bonds is 1. The van der Waals surface area contributed by atoms with Crippen molar-refractivity contribution >= 4 is 29.4 Å². The van der Waals surface area contributed by atoms with E-state index < -0.39 is 11.6 Å². The maximum atomic E-state index is 12.4. The van der Waals surface area contributed by atoms with Crippen LogP contribution in [0.3, 0.4) is 0 Å². The Kier molecular flexibility index (Phi) is 2.90. The number of halogens is 1. The molecule has 4 amide bonds. The normalized spacial score (nSPS) is 24.9. The van der Waals surface area contributed by atoms with Crippen LogP contribution in [0.4, 0.5) is 4.79 Å². The summed E-state index contributed by atoms with van der Waals surface area (Å²) in [5.74, 6) is -0.567. The molecule has 0 bridgehead atoms. The number of nitrogens with one attached hydrogen (secondary N) is 2. The fourth-order valence-corrected chi connectivity index (χ4v) is 2.79. The van der Waals surface area contributed by atoms with Gasteiger partial charge < -0.3 is 10.2 Å². The van der Waals surface area contributed by atoms with Crippen molar-refractivity contribution in [1.29, 1.82) is 0 Å². The van der Waals surface area contributed by atoms with Gasteiger partial charge in [0.25, 0.3) is 11.8 Å². The minimum Gasteiger partial charge on any atom is -0.336 e. The van der Waals surface area contributed by atoms with Crippen molar-refractivity contribution in [3.8, 4) is 0 Å². The Labute approximate surface area is 120 Å². The summed E-state index contributed by atoms with van der Waals surface area (Å²) in [6.45, 7) is 0.592. The van der Waals surface area contributed by atoms with Crippen LogP contribution in [0.25, 0.3) is 0 Å². The van der Waals surface area contributed by atoms with E-state index in [0.717, 1.165) is 0 Å². The molecule has 104 valence electrons. The number of hydrogen-bond donors (Lipinski definition) is 2. The SMILES string of the molecule is O=C1NC(=O)C2(CCN(C(=O)c3cccc(Cl)c3)C2)N1. The average molecular weight is 294 g/mol. The second-order valence-corrected chi connectivity index (χ2v) is 5.41. The molecule has 0 aliphatic carbocycles. The van der Waals surface area contributed by atoms with Crippen LogP contribution < -0.4 is 10.6 Å². The molecule has 1 atom stereocenters. The van der Waals surface area contributed by atoms with E-state index in [9.17, 15) is 14.4 Å². The van der Waals surface area contributed by atoms with Gasteiger partial charge in [0.2, 0.25) is 0 Å². The highest BCUT2D eigenvalue weighted by Crippen LogP contribution is 2.26. The van der Waals surface area contributed by atoms with Gasteiger partial charge in [0.15, 0.2) is 0 Å². The maximum Gasteiger partial charge on any atom is 0.322 e. The highest BCUT2D eigenvalue weighted by molar-refractivity contribution is 6.31. The molecule has 2 aliphatic heterocycles. The molecule has 2 heterocycles. The Balaban J connectivity index is 1.79. The standard InChI is InChI=1S/C13H12ClN3O3/c14-9-3-1-2-8(6-9)10(18)17-5-4-13(7-17)11(19)15-12(20)16-13/h1-3,6H,4-5,7H2,(H2,15,16,19,20). The van der Waals surface area contributed by atoms with E-state index in [4.69, 9.17) is 11.6 Å². The molecule has 1 unspecified atom stereocenters. The molecule has 2 N–H and O–H groups in total. The van der Waals surface area contributed by atoms with Gasteiger partial charge in [-0.1, -0.05) is 17.7 Å². The van der Waals surface area contributed by atoms with Gasteiger partial charge in [-0.15, -0.1) is 0 Å². The summed E-state index contributed by atoms with van der Waals surface area (Å²) in [5.41, 5.74) is -0.509. The number of carbonyl (C=O) groups is 3. The minimum atomic E-state index is -0.981. The smallest absolute Gasteiger partial charge is 0.322 e. The first kappa shape index (κ1) is 12.9. The number of carbonyl (C=O) groups excluding carboxylic acids is 3. The maximum absolute atomic E-state index is 12.4. The molecular weight excluding hydrogens is 282 g/mol. The lowest BCUT2D eigenvalue weighted by molar-refractivity contribution is -0.123. The molecule has 0 radical (unpaired) electrons. The minimum absolute atomic E-state index is 0.177. The van der Waals surface area contributed by atoms with Crippen LogP contribution in [0.1, 0.15) is 16.8 Å². The van der Waals surface area contributed by atoms with Crippen LogP contribution in [0.2, 0.25) is 5.02 Å². The first-order chi connectivity index (χ1) is 9.50. The lowest BCUT2D eigenvalue weighted by Crippen LogP contribution is -2.49. The summed E-state index contributed by atoms with van der Waals surface area (Å²) in [5, 5.41) is 5.30. The van der Waals surface area contributed by atoms with Crippen molar-refractivity contribution in [3.05, 3.63) is 34.9 Å². The predicted molar refractivity (Wildman–Crippen MR) is 71.4 cm³/mol. The van der Waals surface area contributed by atoms with E-state index in [0.29, 0.717) is 23.6 Å².